The third-order valence-corrected chi connectivity index (χ3v) is 4.09. The molecular formula is C15H22N2O3. The van der Waals surface area contributed by atoms with E-state index in [9.17, 15) is 15.2 Å². The van der Waals surface area contributed by atoms with Crippen LogP contribution in [0.4, 0.5) is 5.69 Å². The van der Waals surface area contributed by atoms with Gasteiger partial charge in [0.1, 0.15) is 0 Å². The number of nitro benzene ring substituents is 1. The van der Waals surface area contributed by atoms with Gasteiger partial charge in [-0.05, 0) is 31.4 Å². The number of likely N-dealkylation sites (tertiary alicyclic amines) is 1. The first-order valence-corrected chi connectivity index (χ1v) is 7.28. The van der Waals surface area contributed by atoms with E-state index in [0.717, 1.165) is 19.4 Å². The highest BCUT2D eigenvalue weighted by atomic mass is 16.6. The first-order chi connectivity index (χ1) is 9.61. The van der Waals surface area contributed by atoms with Crippen molar-refractivity contribution < 1.29 is 10.0 Å². The third kappa shape index (κ3) is 3.55. The van der Waals surface area contributed by atoms with Crippen molar-refractivity contribution in [1.29, 1.82) is 0 Å². The van der Waals surface area contributed by atoms with Crippen LogP contribution in [-0.2, 0) is 0 Å². The van der Waals surface area contributed by atoms with Gasteiger partial charge in [0.15, 0.2) is 0 Å². The van der Waals surface area contributed by atoms with E-state index in [4.69, 9.17) is 0 Å². The molecule has 0 aromatic heterocycles. The Morgan fingerprint density at radius 2 is 2.30 bits per heavy atom. The van der Waals surface area contributed by atoms with Gasteiger partial charge in [0.25, 0.3) is 5.69 Å². The minimum atomic E-state index is -0.665. The van der Waals surface area contributed by atoms with Gasteiger partial charge in [0.2, 0.25) is 0 Å². The Kier molecular flexibility index (Phi) is 5.09. The predicted molar refractivity (Wildman–Crippen MR) is 77.6 cm³/mol. The topological polar surface area (TPSA) is 66.6 Å². The van der Waals surface area contributed by atoms with Crippen LogP contribution in [0.1, 0.15) is 44.3 Å². The van der Waals surface area contributed by atoms with Crippen molar-refractivity contribution in [2.75, 3.05) is 13.1 Å². The highest BCUT2D eigenvalue weighted by molar-refractivity contribution is 5.35. The van der Waals surface area contributed by atoms with Crippen molar-refractivity contribution >= 4 is 5.69 Å². The van der Waals surface area contributed by atoms with Gasteiger partial charge in [-0.15, -0.1) is 0 Å². The molecule has 2 atom stereocenters. The number of β-amino-alcohol motifs (C(OH)–C–C–N with tert-alkyl or cyclic N) is 1. The summed E-state index contributed by atoms with van der Waals surface area (Å²) in [5.41, 5.74) is 0.659. The van der Waals surface area contributed by atoms with Crippen molar-refractivity contribution in [2.45, 2.75) is 44.8 Å². The molecule has 2 rings (SSSR count). The molecule has 1 aliphatic rings. The van der Waals surface area contributed by atoms with Gasteiger partial charge in [-0.1, -0.05) is 25.5 Å². The number of nitrogens with zero attached hydrogens (tertiary/aromatic N) is 2. The molecule has 1 N–H and O–H groups in total. The van der Waals surface area contributed by atoms with Crippen LogP contribution >= 0.6 is 0 Å². The Bertz CT molecular complexity index is 464. The van der Waals surface area contributed by atoms with Gasteiger partial charge in [-0.3, -0.25) is 15.0 Å². The second-order valence-electron chi connectivity index (χ2n) is 5.42. The van der Waals surface area contributed by atoms with Gasteiger partial charge in [-0.2, -0.15) is 0 Å². The van der Waals surface area contributed by atoms with Crippen LogP contribution in [0.15, 0.2) is 24.3 Å². The third-order valence-electron chi connectivity index (χ3n) is 4.09. The lowest BCUT2D eigenvalue weighted by Crippen LogP contribution is -2.41. The SMILES string of the molecule is CCC1CCCCN1CC(O)c1cccc([N+](=O)[O-])c1. The van der Waals surface area contributed by atoms with Crippen LogP contribution in [0.25, 0.3) is 0 Å². The Morgan fingerprint density at radius 1 is 1.50 bits per heavy atom. The van der Waals surface area contributed by atoms with Gasteiger partial charge >= 0.3 is 0 Å². The van der Waals surface area contributed by atoms with Crippen LogP contribution in [-0.4, -0.2) is 34.1 Å². The average molecular weight is 278 g/mol. The van der Waals surface area contributed by atoms with E-state index < -0.39 is 11.0 Å². The molecule has 1 aromatic carbocycles. The molecule has 20 heavy (non-hydrogen) atoms. The number of piperidine rings is 1. The van der Waals surface area contributed by atoms with Crippen molar-refractivity contribution in [1.82, 2.24) is 4.90 Å². The number of aliphatic hydroxyl groups is 1. The number of nitro groups is 1. The Hall–Kier alpha value is -1.46. The lowest BCUT2D eigenvalue weighted by Gasteiger charge is -2.36. The number of rotatable bonds is 5. The maximum atomic E-state index is 10.8. The minimum absolute atomic E-state index is 0.0345. The lowest BCUT2D eigenvalue weighted by molar-refractivity contribution is -0.385. The summed E-state index contributed by atoms with van der Waals surface area (Å²) >= 11 is 0. The van der Waals surface area contributed by atoms with Gasteiger partial charge in [-0.25, -0.2) is 0 Å². The second kappa shape index (κ2) is 6.81. The molecule has 0 spiro atoms. The molecule has 0 bridgehead atoms. The number of aliphatic hydroxyl groups excluding tert-OH is 1. The summed E-state index contributed by atoms with van der Waals surface area (Å²) < 4.78 is 0. The molecule has 5 heteroatoms. The van der Waals surface area contributed by atoms with E-state index in [1.807, 2.05) is 0 Å². The minimum Gasteiger partial charge on any atom is -0.387 e. The van der Waals surface area contributed by atoms with E-state index in [-0.39, 0.29) is 5.69 Å². The van der Waals surface area contributed by atoms with E-state index in [2.05, 4.69) is 11.8 Å². The van der Waals surface area contributed by atoms with Crippen molar-refractivity contribution in [3.8, 4) is 0 Å². The zero-order valence-corrected chi connectivity index (χ0v) is 11.9. The quantitative estimate of drug-likeness (QED) is 0.664. The number of non-ortho nitro benzene ring substituents is 1. The smallest absolute Gasteiger partial charge is 0.269 e. The van der Waals surface area contributed by atoms with Crippen LogP contribution in [0, 0.1) is 10.1 Å². The highest BCUT2D eigenvalue weighted by Crippen LogP contribution is 2.24. The van der Waals surface area contributed by atoms with Gasteiger partial charge in [0.05, 0.1) is 11.0 Å². The highest BCUT2D eigenvalue weighted by Gasteiger charge is 2.24. The first-order valence-electron chi connectivity index (χ1n) is 7.28. The molecule has 1 heterocycles. The number of hydrogen-bond acceptors (Lipinski definition) is 4. The average Bonchev–Trinajstić information content (AvgIpc) is 2.48. The molecule has 0 radical (unpaired) electrons. The maximum absolute atomic E-state index is 10.8. The largest absolute Gasteiger partial charge is 0.387 e. The van der Waals surface area contributed by atoms with Gasteiger partial charge in [0, 0.05) is 24.7 Å². The summed E-state index contributed by atoms with van der Waals surface area (Å²) in [5.74, 6) is 0. The Morgan fingerprint density at radius 3 is 3.00 bits per heavy atom. The lowest BCUT2D eigenvalue weighted by atomic mass is 9.98. The normalized spacial score (nSPS) is 21.6. The molecule has 1 saturated heterocycles. The van der Waals surface area contributed by atoms with Gasteiger partial charge < -0.3 is 5.11 Å². The second-order valence-corrected chi connectivity index (χ2v) is 5.42. The fourth-order valence-electron chi connectivity index (χ4n) is 2.94. The van der Waals surface area contributed by atoms with Crippen LogP contribution < -0.4 is 0 Å². The predicted octanol–water partition coefficient (Wildman–Crippen LogP) is 2.89. The van der Waals surface area contributed by atoms with Crippen molar-refractivity contribution in [2.24, 2.45) is 0 Å². The Labute approximate surface area is 119 Å². The van der Waals surface area contributed by atoms with E-state index >= 15 is 0 Å². The van der Waals surface area contributed by atoms with Crippen LogP contribution in [0.3, 0.4) is 0 Å². The zero-order valence-electron chi connectivity index (χ0n) is 11.9. The summed E-state index contributed by atoms with van der Waals surface area (Å²) in [6, 6.07) is 6.82. The summed E-state index contributed by atoms with van der Waals surface area (Å²) in [5, 5.41) is 21.1. The van der Waals surface area contributed by atoms with E-state index in [1.54, 1.807) is 12.1 Å². The standard InChI is InChI=1S/C15H22N2O3/c1-2-13-7-3-4-9-16(13)11-15(18)12-6-5-8-14(10-12)17(19)20/h5-6,8,10,13,15,18H,2-4,7,9,11H2,1H3. The summed E-state index contributed by atoms with van der Waals surface area (Å²) in [7, 11) is 0. The first kappa shape index (κ1) is 14.9. The molecule has 2 unspecified atom stereocenters. The molecule has 1 aromatic rings. The molecule has 5 nitrogen and oxygen atoms in total. The van der Waals surface area contributed by atoms with E-state index in [0.29, 0.717) is 18.2 Å². The zero-order chi connectivity index (χ0) is 14.5. The molecule has 0 amide bonds. The van der Waals surface area contributed by atoms with Crippen molar-refractivity contribution in [3.05, 3.63) is 39.9 Å². The molecule has 1 fully saturated rings. The molecule has 0 saturated carbocycles. The summed E-state index contributed by atoms with van der Waals surface area (Å²) in [6.45, 7) is 3.73. The Balaban J connectivity index is 2.05. The molecule has 0 aliphatic carbocycles. The fourth-order valence-corrected chi connectivity index (χ4v) is 2.94. The van der Waals surface area contributed by atoms with Crippen LogP contribution in [0.2, 0.25) is 0 Å². The molecule has 110 valence electrons. The molecular weight excluding hydrogens is 256 g/mol. The number of benzene rings is 1. The summed E-state index contributed by atoms with van der Waals surface area (Å²) in [6.07, 6.45) is 4.02. The number of hydrogen-bond donors (Lipinski definition) is 1. The van der Waals surface area contributed by atoms with Crippen molar-refractivity contribution in [3.63, 3.8) is 0 Å². The molecule has 1 aliphatic heterocycles. The summed E-state index contributed by atoms with van der Waals surface area (Å²) in [4.78, 5) is 12.7. The fraction of sp³-hybridized carbons (Fsp3) is 0.600. The van der Waals surface area contributed by atoms with Crippen LogP contribution in [0.5, 0.6) is 0 Å². The van der Waals surface area contributed by atoms with E-state index in [1.165, 1.54) is 25.0 Å². The monoisotopic (exact) mass is 278 g/mol. The maximum Gasteiger partial charge on any atom is 0.269 e.